The van der Waals surface area contributed by atoms with E-state index in [1.807, 2.05) is 30.3 Å². The van der Waals surface area contributed by atoms with E-state index >= 15 is 0 Å². The summed E-state index contributed by atoms with van der Waals surface area (Å²) in [5, 5.41) is 0. The van der Waals surface area contributed by atoms with E-state index in [4.69, 9.17) is 9.68 Å². The van der Waals surface area contributed by atoms with Gasteiger partial charge in [0.25, 0.3) is 0 Å². The minimum Gasteiger partial charge on any atom is -0.277 e. The molecule has 0 spiro atoms. The Kier molecular flexibility index (Phi) is 4.46. The fourth-order valence-electron chi connectivity index (χ4n) is 0.891. The fourth-order valence-corrected chi connectivity index (χ4v) is 0.891. The third-order valence-corrected chi connectivity index (χ3v) is 1.39. The highest BCUT2D eigenvalue weighted by atomic mass is 16.7. The van der Waals surface area contributed by atoms with E-state index in [0.29, 0.717) is 5.96 Å². The molecule has 5 nitrogen and oxygen atoms in total. The fraction of sp³-hybridized carbons (Fsp3) is 0.222. The van der Waals surface area contributed by atoms with E-state index in [9.17, 15) is 0 Å². The molecule has 0 heterocycles. The molecular formula is C9H13N3O2. The van der Waals surface area contributed by atoms with Crippen LogP contribution in [0.5, 0.6) is 0 Å². The molecule has 14 heavy (non-hydrogen) atoms. The molecule has 0 amide bonds. The van der Waals surface area contributed by atoms with Crippen LogP contribution in [0.1, 0.15) is 0 Å². The van der Waals surface area contributed by atoms with Crippen molar-refractivity contribution in [3.63, 3.8) is 0 Å². The summed E-state index contributed by atoms with van der Waals surface area (Å²) in [5.41, 5.74) is 5.89. The van der Waals surface area contributed by atoms with Crippen LogP contribution in [0.3, 0.4) is 0 Å². The van der Waals surface area contributed by atoms with Crippen molar-refractivity contribution < 1.29 is 9.68 Å². The molecule has 0 aliphatic carbocycles. The number of para-hydroxylation sites is 1. The molecule has 0 aliphatic rings. The Morgan fingerprint density at radius 2 is 1.64 bits per heavy atom. The Balaban J connectivity index is 2.71. The van der Waals surface area contributed by atoms with E-state index < -0.39 is 0 Å². The maximum absolute atomic E-state index is 4.71. The van der Waals surface area contributed by atoms with Gasteiger partial charge in [-0.2, -0.15) is 0 Å². The minimum absolute atomic E-state index is 0.390. The van der Waals surface area contributed by atoms with Crippen LogP contribution in [0.4, 0.5) is 5.69 Å². The first-order valence-electron chi connectivity index (χ1n) is 4.08. The van der Waals surface area contributed by atoms with Crippen molar-refractivity contribution in [3.05, 3.63) is 30.3 Å². The third-order valence-electron chi connectivity index (χ3n) is 1.39. The van der Waals surface area contributed by atoms with Crippen LogP contribution in [0.25, 0.3) is 0 Å². The molecule has 0 atom stereocenters. The first-order valence-corrected chi connectivity index (χ1v) is 4.08. The van der Waals surface area contributed by atoms with Crippen molar-refractivity contribution in [1.82, 2.24) is 11.0 Å². The van der Waals surface area contributed by atoms with Crippen molar-refractivity contribution >= 4 is 11.6 Å². The molecule has 76 valence electrons. The molecule has 2 N–H and O–H groups in total. The van der Waals surface area contributed by atoms with Gasteiger partial charge in [0, 0.05) is 0 Å². The van der Waals surface area contributed by atoms with Crippen LogP contribution in [0.15, 0.2) is 35.3 Å². The van der Waals surface area contributed by atoms with Crippen LogP contribution in [0, 0.1) is 0 Å². The predicted octanol–water partition coefficient (Wildman–Crippen LogP) is 0.976. The van der Waals surface area contributed by atoms with Crippen molar-refractivity contribution in [2.45, 2.75) is 0 Å². The molecule has 0 radical (unpaired) electrons. The average Bonchev–Trinajstić information content (AvgIpc) is 2.20. The van der Waals surface area contributed by atoms with Crippen molar-refractivity contribution in [2.24, 2.45) is 4.99 Å². The molecule has 0 bridgehead atoms. The molecule has 5 heteroatoms. The molecule has 1 aromatic rings. The second-order valence-corrected chi connectivity index (χ2v) is 2.41. The minimum atomic E-state index is 0.390. The summed E-state index contributed by atoms with van der Waals surface area (Å²) in [6, 6.07) is 9.46. The van der Waals surface area contributed by atoms with Gasteiger partial charge in [0.05, 0.1) is 19.9 Å². The molecular weight excluding hydrogens is 182 g/mol. The van der Waals surface area contributed by atoms with Gasteiger partial charge in [-0.3, -0.25) is 9.68 Å². The lowest BCUT2D eigenvalue weighted by molar-refractivity contribution is 0.100. The number of benzene rings is 1. The summed E-state index contributed by atoms with van der Waals surface area (Å²) in [6.45, 7) is 0. The molecule has 1 aromatic carbocycles. The number of nitrogens with zero attached hydrogens (tertiary/aromatic N) is 1. The van der Waals surface area contributed by atoms with E-state index in [2.05, 4.69) is 16.0 Å². The molecule has 0 unspecified atom stereocenters. The molecule has 0 aliphatic heterocycles. The van der Waals surface area contributed by atoms with E-state index in [1.54, 1.807) is 0 Å². The topological polar surface area (TPSA) is 54.9 Å². The Bertz CT molecular complexity index is 279. The summed E-state index contributed by atoms with van der Waals surface area (Å²) in [4.78, 5) is 13.6. The number of aliphatic imine (C=N–C) groups is 1. The number of nitrogens with one attached hydrogen (secondary N) is 2. The normalized spacial score (nSPS) is 9.29. The number of hydroxylamine groups is 2. The predicted molar refractivity (Wildman–Crippen MR) is 53.8 cm³/mol. The van der Waals surface area contributed by atoms with Gasteiger partial charge in [-0.15, -0.1) is 0 Å². The number of hydrogen-bond acceptors (Lipinski definition) is 3. The number of rotatable bonds is 3. The summed E-state index contributed by atoms with van der Waals surface area (Å²) >= 11 is 0. The first kappa shape index (κ1) is 10.5. The Labute approximate surface area is 82.7 Å². The van der Waals surface area contributed by atoms with E-state index in [1.165, 1.54) is 14.2 Å². The zero-order valence-electron chi connectivity index (χ0n) is 8.15. The summed E-state index contributed by atoms with van der Waals surface area (Å²) < 4.78 is 0. The Morgan fingerprint density at radius 3 is 2.14 bits per heavy atom. The second-order valence-electron chi connectivity index (χ2n) is 2.41. The Hall–Kier alpha value is -1.59. The van der Waals surface area contributed by atoms with Gasteiger partial charge in [-0.25, -0.2) is 16.0 Å². The lowest BCUT2D eigenvalue weighted by atomic mass is 10.3. The van der Waals surface area contributed by atoms with E-state index in [0.717, 1.165) is 5.69 Å². The lowest BCUT2D eigenvalue weighted by Gasteiger charge is -2.07. The summed E-state index contributed by atoms with van der Waals surface area (Å²) in [7, 11) is 3.00. The maximum Gasteiger partial charge on any atom is 0.245 e. The van der Waals surface area contributed by atoms with Crippen LogP contribution in [-0.2, 0) is 9.68 Å². The van der Waals surface area contributed by atoms with E-state index in [-0.39, 0.29) is 0 Å². The average molecular weight is 195 g/mol. The molecule has 0 fully saturated rings. The summed E-state index contributed by atoms with van der Waals surface area (Å²) in [6.07, 6.45) is 0. The van der Waals surface area contributed by atoms with Gasteiger partial charge in [-0.1, -0.05) is 18.2 Å². The van der Waals surface area contributed by atoms with Crippen LogP contribution >= 0.6 is 0 Å². The smallest absolute Gasteiger partial charge is 0.245 e. The maximum atomic E-state index is 4.71. The standard InChI is InChI=1S/C9H13N3O2/c1-13-11-9(12-14-2)10-8-6-4-3-5-7-8/h3-7H,1-2H3,(H2,10,11,12). The Morgan fingerprint density at radius 1 is 1.07 bits per heavy atom. The van der Waals surface area contributed by atoms with Gasteiger partial charge in [-0.05, 0) is 12.1 Å². The van der Waals surface area contributed by atoms with Gasteiger partial charge >= 0.3 is 0 Å². The van der Waals surface area contributed by atoms with Crippen LogP contribution in [0.2, 0.25) is 0 Å². The monoisotopic (exact) mass is 195 g/mol. The highest BCUT2D eigenvalue weighted by Gasteiger charge is 1.95. The largest absolute Gasteiger partial charge is 0.277 e. The SMILES string of the molecule is CONC(=Nc1ccccc1)NOC. The summed E-state index contributed by atoms with van der Waals surface area (Å²) in [5.74, 6) is 0.390. The van der Waals surface area contributed by atoms with Crippen molar-refractivity contribution in [3.8, 4) is 0 Å². The number of hydrogen-bond donors (Lipinski definition) is 2. The molecule has 1 rings (SSSR count). The quantitative estimate of drug-likeness (QED) is 0.429. The zero-order valence-corrected chi connectivity index (χ0v) is 8.15. The highest BCUT2D eigenvalue weighted by molar-refractivity contribution is 5.80. The molecule has 0 aromatic heterocycles. The van der Waals surface area contributed by atoms with Gasteiger partial charge in [0.2, 0.25) is 5.96 Å². The van der Waals surface area contributed by atoms with Crippen LogP contribution < -0.4 is 11.0 Å². The van der Waals surface area contributed by atoms with Crippen molar-refractivity contribution in [2.75, 3.05) is 14.2 Å². The second kappa shape index (κ2) is 5.95. The van der Waals surface area contributed by atoms with Crippen LogP contribution in [-0.4, -0.2) is 20.2 Å². The lowest BCUT2D eigenvalue weighted by Crippen LogP contribution is -2.35. The zero-order chi connectivity index (χ0) is 10.2. The van der Waals surface area contributed by atoms with Gasteiger partial charge in [0.15, 0.2) is 0 Å². The van der Waals surface area contributed by atoms with Crippen molar-refractivity contribution in [1.29, 1.82) is 0 Å². The highest BCUT2D eigenvalue weighted by Crippen LogP contribution is 2.08. The molecule has 0 saturated heterocycles. The van der Waals surface area contributed by atoms with Gasteiger partial charge in [0.1, 0.15) is 0 Å². The third kappa shape index (κ3) is 3.42. The molecule has 0 saturated carbocycles. The number of guanidine groups is 1. The van der Waals surface area contributed by atoms with Gasteiger partial charge < -0.3 is 0 Å². The first-order chi connectivity index (χ1) is 6.86.